The van der Waals surface area contributed by atoms with Crippen molar-refractivity contribution in [1.29, 1.82) is 0 Å². The fourth-order valence-electron chi connectivity index (χ4n) is 2.48. The van der Waals surface area contributed by atoms with Crippen molar-refractivity contribution < 1.29 is 17.2 Å². The second-order valence-electron chi connectivity index (χ2n) is 5.57. The van der Waals surface area contributed by atoms with Crippen LogP contribution in [0.4, 0.5) is 0 Å². The van der Waals surface area contributed by atoms with Gasteiger partial charge in [-0.3, -0.25) is 4.55 Å². The average Bonchev–Trinajstić information content (AvgIpc) is 2.47. The molecule has 1 rings (SSSR count). The zero-order valence-electron chi connectivity index (χ0n) is 13.6. The fraction of sp³-hybridized carbons (Fsp3) is 1.00. The highest BCUT2D eigenvalue weighted by molar-refractivity contribution is 7.97. The van der Waals surface area contributed by atoms with Crippen molar-refractivity contribution in [3.8, 4) is 0 Å². The molecule has 0 spiro atoms. The summed E-state index contributed by atoms with van der Waals surface area (Å²) in [7, 11) is -3.96. The summed E-state index contributed by atoms with van der Waals surface area (Å²) in [4.78, 5) is 0. The van der Waals surface area contributed by atoms with Crippen molar-refractivity contribution in [2.24, 2.45) is 0 Å². The van der Waals surface area contributed by atoms with Crippen molar-refractivity contribution in [2.75, 3.05) is 26.2 Å². The molecule has 0 bridgehead atoms. The lowest BCUT2D eigenvalue weighted by Gasteiger charge is -2.36. The van der Waals surface area contributed by atoms with Crippen LogP contribution in [-0.2, 0) is 21.5 Å². The molecule has 1 fully saturated rings. The lowest BCUT2D eigenvalue weighted by atomic mass is 10.2. The smallest absolute Gasteiger partial charge is 0.292 e. The molecule has 9 heteroatoms. The van der Waals surface area contributed by atoms with Gasteiger partial charge < -0.3 is 0 Å². The minimum absolute atomic E-state index is 0.389. The Balaban J connectivity index is 2.96. The third-order valence-corrected chi connectivity index (χ3v) is 6.83. The van der Waals surface area contributed by atoms with E-state index < -0.39 is 21.5 Å². The summed E-state index contributed by atoms with van der Waals surface area (Å²) in [5.74, 6) is 0. The van der Waals surface area contributed by atoms with Crippen LogP contribution in [0, 0.1) is 0 Å². The zero-order valence-corrected chi connectivity index (χ0v) is 15.2. The van der Waals surface area contributed by atoms with E-state index in [1.165, 1.54) is 9.31 Å². The maximum absolute atomic E-state index is 12.8. The maximum atomic E-state index is 12.8. The first-order valence-electron chi connectivity index (χ1n) is 8.11. The van der Waals surface area contributed by atoms with E-state index in [-0.39, 0.29) is 0 Å². The van der Waals surface area contributed by atoms with Gasteiger partial charge in [0.15, 0.2) is 0 Å². The molecular weight excluding hydrogens is 326 g/mol. The number of hydrogen-bond acceptors (Lipinski definition) is 4. The van der Waals surface area contributed by atoms with Gasteiger partial charge in [-0.05, 0) is 29.5 Å². The first-order chi connectivity index (χ1) is 10.4. The minimum atomic E-state index is -3.96. The summed E-state index contributed by atoms with van der Waals surface area (Å²) in [5, 5.41) is 1.50. The van der Waals surface area contributed by atoms with Crippen LogP contribution in [0.1, 0.15) is 58.8 Å². The molecule has 0 aliphatic carbocycles. The van der Waals surface area contributed by atoms with Crippen LogP contribution in [0.3, 0.4) is 0 Å². The molecule has 0 aromatic heterocycles. The molecule has 0 aromatic carbocycles. The average molecular weight is 356 g/mol. The molecule has 1 heterocycles. The normalized spacial score (nSPS) is 19.0. The molecule has 0 radical (unpaired) electrons. The summed E-state index contributed by atoms with van der Waals surface area (Å²) < 4.78 is 48.9. The maximum Gasteiger partial charge on any atom is 0.308 e. The Morgan fingerprint density at radius 3 is 1.95 bits per heavy atom. The highest BCUT2D eigenvalue weighted by atomic mass is 32.3. The molecule has 1 aliphatic heterocycles. The first-order valence-corrected chi connectivity index (χ1v) is 10.6. The van der Waals surface area contributed by atoms with Crippen LogP contribution in [0.2, 0.25) is 0 Å². The van der Waals surface area contributed by atoms with Gasteiger partial charge in [0.25, 0.3) is 11.3 Å². The van der Waals surface area contributed by atoms with Gasteiger partial charge >= 0.3 is 10.2 Å². The van der Waals surface area contributed by atoms with Crippen molar-refractivity contribution in [2.45, 2.75) is 58.8 Å². The predicted octanol–water partition coefficient (Wildman–Crippen LogP) is 1.97. The Labute approximate surface area is 137 Å². The minimum Gasteiger partial charge on any atom is -0.292 e. The predicted molar refractivity (Wildman–Crippen MR) is 88.3 cm³/mol. The van der Waals surface area contributed by atoms with Crippen molar-refractivity contribution in [3.63, 3.8) is 0 Å². The van der Waals surface area contributed by atoms with Crippen LogP contribution >= 0.6 is 0 Å². The number of unbranched alkanes of at least 4 members (excludes halogenated alkanes) is 2. The summed E-state index contributed by atoms with van der Waals surface area (Å²) in [6.07, 6.45) is 5.95. The molecule has 22 heavy (non-hydrogen) atoms. The van der Waals surface area contributed by atoms with Crippen LogP contribution in [-0.4, -0.2) is 56.5 Å². The number of nitrogens with zero attached hydrogens (tertiary/aromatic N) is 3. The molecule has 7 nitrogen and oxygen atoms in total. The first kappa shape index (κ1) is 20.0. The monoisotopic (exact) mass is 355 g/mol. The Hall–Kier alpha value is -0.0600. The molecule has 0 saturated carbocycles. The molecule has 1 atom stereocenters. The van der Waals surface area contributed by atoms with E-state index in [9.17, 15) is 17.2 Å². The standard InChI is InChI=1S/C13H29N3O4S2/c1-3-5-12-15(13-6-4-2)22(19,20)16(21(17)18)14-10-8-7-9-11-14/h3-13H2,1-2H3,(H,17,18). The Morgan fingerprint density at radius 1 is 1.05 bits per heavy atom. The third kappa shape index (κ3) is 5.54. The summed E-state index contributed by atoms with van der Waals surface area (Å²) in [6, 6.07) is 0. The fourth-order valence-corrected chi connectivity index (χ4v) is 5.14. The van der Waals surface area contributed by atoms with E-state index in [2.05, 4.69) is 0 Å². The largest absolute Gasteiger partial charge is 0.308 e. The van der Waals surface area contributed by atoms with Gasteiger partial charge in [-0.15, -0.1) is 0 Å². The summed E-state index contributed by atoms with van der Waals surface area (Å²) >= 11 is -2.57. The van der Waals surface area contributed by atoms with Gasteiger partial charge in [0.1, 0.15) is 0 Å². The van der Waals surface area contributed by atoms with E-state index in [1.807, 2.05) is 13.8 Å². The highest BCUT2D eigenvalue weighted by Crippen LogP contribution is 2.20. The molecule has 1 aliphatic rings. The Morgan fingerprint density at radius 2 is 1.55 bits per heavy atom. The lowest BCUT2D eigenvalue weighted by Crippen LogP contribution is -2.54. The van der Waals surface area contributed by atoms with Gasteiger partial charge in [0, 0.05) is 26.2 Å². The number of piperidine rings is 1. The van der Waals surface area contributed by atoms with Crippen LogP contribution in [0.5, 0.6) is 0 Å². The van der Waals surface area contributed by atoms with Gasteiger partial charge in [0.2, 0.25) is 0 Å². The van der Waals surface area contributed by atoms with Crippen LogP contribution < -0.4 is 0 Å². The molecule has 1 saturated heterocycles. The Bertz CT molecular complexity index is 431. The quantitative estimate of drug-likeness (QED) is 0.606. The molecule has 0 amide bonds. The van der Waals surface area contributed by atoms with E-state index in [0.29, 0.717) is 30.0 Å². The van der Waals surface area contributed by atoms with Gasteiger partial charge in [-0.25, -0.2) is 9.22 Å². The van der Waals surface area contributed by atoms with E-state index in [4.69, 9.17) is 0 Å². The second kappa shape index (κ2) is 9.94. The van der Waals surface area contributed by atoms with Crippen molar-refractivity contribution in [3.05, 3.63) is 0 Å². The van der Waals surface area contributed by atoms with Crippen molar-refractivity contribution in [1.82, 2.24) is 13.1 Å². The van der Waals surface area contributed by atoms with Crippen LogP contribution in [0.15, 0.2) is 0 Å². The zero-order chi connectivity index (χ0) is 16.6. The molecule has 132 valence electrons. The number of hydrogen-bond donors (Lipinski definition) is 1. The van der Waals surface area contributed by atoms with Gasteiger partial charge in [-0.2, -0.15) is 12.7 Å². The summed E-state index contributed by atoms with van der Waals surface area (Å²) in [5.41, 5.74) is 0. The summed E-state index contributed by atoms with van der Waals surface area (Å²) in [6.45, 7) is 5.77. The molecule has 1 N–H and O–H groups in total. The second-order valence-corrected chi connectivity index (χ2v) is 8.36. The Kier molecular flexibility index (Phi) is 9.03. The number of rotatable bonds is 10. The number of hydrazine groups is 1. The van der Waals surface area contributed by atoms with E-state index in [1.54, 1.807) is 0 Å². The topological polar surface area (TPSA) is 81.2 Å². The van der Waals surface area contributed by atoms with Crippen LogP contribution in [0.25, 0.3) is 0 Å². The lowest BCUT2D eigenvalue weighted by molar-refractivity contribution is 0.0982. The van der Waals surface area contributed by atoms with E-state index in [0.717, 1.165) is 44.9 Å². The van der Waals surface area contributed by atoms with Gasteiger partial charge in [-0.1, -0.05) is 33.1 Å². The van der Waals surface area contributed by atoms with E-state index >= 15 is 0 Å². The third-order valence-electron chi connectivity index (χ3n) is 3.74. The molecular formula is C13H29N3O4S2. The molecule has 1 unspecified atom stereocenters. The molecule has 0 aromatic rings. The SMILES string of the molecule is CCCCN(CCCC)S(=O)(=O)N(N1CCCCC1)S(=O)O. The van der Waals surface area contributed by atoms with Crippen molar-refractivity contribution >= 4 is 21.5 Å². The highest BCUT2D eigenvalue weighted by Gasteiger charge is 2.38. The van der Waals surface area contributed by atoms with Gasteiger partial charge in [0.05, 0.1) is 0 Å².